The molecule has 140 valence electrons. The topological polar surface area (TPSA) is 66.2 Å². The highest BCUT2D eigenvalue weighted by Gasteiger charge is 2.23. The Morgan fingerprint density at radius 1 is 1.00 bits per heavy atom. The lowest BCUT2D eigenvalue weighted by molar-refractivity contribution is 0.0518. The molecule has 2 aromatic heterocycles. The van der Waals surface area contributed by atoms with Gasteiger partial charge in [0.2, 0.25) is 0 Å². The summed E-state index contributed by atoms with van der Waals surface area (Å²) in [6.07, 6.45) is 1.54. The molecule has 0 saturated heterocycles. The summed E-state index contributed by atoms with van der Waals surface area (Å²) in [6.45, 7) is 1.99. The van der Waals surface area contributed by atoms with Gasteiger partial charge in [-0.3, -0.25) is 4.98 Å². The zero-order valence-electron chi connectivity index (χ0n) is 15.0. The van der Waals surface area contributed by atoms with Gasteiger partial charge in [-0.1, -0.05) is 29.8 Å². The number of rotatable bonds is 5. The van der Waals surface area contributed by atoms with Crippen molar-refractivity contribution in [1.29, 1.82) is 0 Å². The molecule has 28 heavy (non-hydrogen) atoms. The predicted octanol–water partition coefficient (Wildman–Crippen LogP) is 5.04. The van der Waals surface area contributed by atoms with E-state index in [-0.39, 0.29) is 12.3 Å². The Bertz CT molecular complexity index is 1130. The Labute approximate surface area is 166 Å². The standard InChI is InChI=1S/C21H16ClN3O3/c1-2-27-21(26)20-19-18(17(22)12-13-23-19)24-25(20)14-8-10-16(11-9-14)28-15-6-4-3-5-7-15/h3-13H,2H2,1H3. The number of esters is 1. The minimum atomic E-state index is -0.510. The number of nitrogens with zero attached hydrogens (tertiary/aromatic N) is 3. The quantitative estimate of drug-likeness (QED) is 0.444. The van der Waals surface area contributed by atoms with Crippen LogP contribution in [0.4, 0.5) is 0 Å². The number of fused-ring (bicyclic) bond motifs is 1. The maximum atomic E-state index is 12.5. The van der Waals surface area contributed by atoms with Gasteiger partial charge in [0.25, 0.3) is 0 Å². The molecule has 2 aromatic carbocycles. The van der Waals surface area contributed by atoms with Crippen LogP contribution in [0.15, 0.2) is 66.9 Å². The second-order valence-corrected chi connectivity index (χ2v) is 6.29. The number of carbonyl (C=O) groups is 1. The third-order valence-electron chi connectivity index (χ3n) is 4.04. The van der Waals surface area contributed by atoms with Gasteiger partial charge in [-0.05, 0) is 49.4 Å². The van der Waals surface area contributed by atoms with Crippen LogP contribution in [-0.2, 0) is 4.74 Å². The van der Waals surface area contributed by atoms with E-state index in [1.807, 2.05) is 30.3 Å². The van der Waals surface area contributed by atoms with Crippen LogP contribution in [-0.4, -0.2) is 27.3 Å². The summed E-state index contributed by atoms with van der Waals surface area (Å²) in [5, 5.41) is 4.90. The van der Waals surface area contributed by atoms with Crippen LogP contribution in [0.2, 0.25) is 5.02 Å². The molecule has 0 unspecified atom stereocenters. The first-order valence-electron chi connectivity index (χ1n) is 8.71. The molecule has 2 heterocycles. The van der Waals surface area contributed by atoms with E-state index in [1.54, 1.807) is 37.3 Å². The van der Waals surface area contributed by atoms with Crippen LogP contribution in [0.25, 0.3) is 16.7 Å². The molecule has 0 radical (unpaired) electrons. The monoisotopic (exact) mass is 393 g/mol. The van der Waals surface area contributed by atoms with E-state index in [1.165, 1.54) is 10.9 Å². The number of halogens is 1. The van der Waals surface area contributed by atoms with Gasteiger partial charge in [0, 0.05) is 6.20 Å². The molecule has 0 atom stereocenters. The fourth-order valence-corrected chi connectivity index (χ4v) is 2.98. The molecule has 0 aliphatic heterocycles. The van der Waals surface area contributed by atoms with Gasteiger partial charge in [-0.15, -0.1) is 0 Å². The molecule has 0 N–H and O–H groups in total. The van der Waals surface area contributed by atoms with Gasteiger partial charge in [0.05, 0.1) is 17.3 Å². The molecule has 0 amide bonds. The summed E-state index contributed by atoms with van der Waals surface area (Å²) in [4.78, 5) is 16.8. The van der Waals surface area contributed by atoms with Crippen LogP contribution in [0.3, 0.4) is 0 Å². The number of benzene rings is 2. The Morgan fingerprint density at radius 3 is 2.43 bits per heavy atom. The maximum Gasteiger partial charge on any atom is 0.359 e. The van der Waals surface area contributed by atoms with E-state index in [9.17, 15) is 4.79 Å². The highest BCUT2D eigenvalue weighted by Crippen LogP contribution is 2.28. The fourth-order valence-electron chi connectivity index (χ4n) is 2.80. The molecular formula is C21H16ClN3O3. The van der Waals surface area contributed by atoms with Crippen LogP contribution in [0.5, 0.6) is 11.5 Å². The maximum absolute atomic E-state index is 12.5. The van der Waals surface area contributed by atoms with Crippen molar-refractivity contribution in [3.8, 4) is 17.2 Å². The lowest BCUT2D eigenvalue weighted by atomic mass is 10.2. The second kappa shape index (κ2) is 7.70. The van der Waals surface area contributed by atoms with Crippen molar-refractivity contribution in [2.24, 2.45) is 0 Å². The first-order valence-corrected chi connectivity index (χ1v) is 9.09. The van der Waals surface area contributed by atoms with E-state index in [2.05, 4.69) is 10.1 Å². The smallest absolute Gasteiger partial charge is 0.359 e. The van der Waals surface area contributed by atoms with E-state index in [0.717, 1.165) is 5.75 Å². The number of para-hydroxylation sites is 1. The Balaban J connectivity index is 1.75. The highest BCUT2D eigenvalue weighted by atomic mass is 35.5. The average Bonchev–Trinajstić information content (AvgIpc) is 3.11. The van der Waals surface area contributed by atoms with Gasteiger partial charge >= 0.3 is 5.97 Å². The molecule has 0 bridgehead atoms. The van der Waals surface area contributed by atoms with Gasteiger partial charge in [-0.25, -0.2) is 9.48 Å². The third kappa shape index (κ3) is 3.42. The Hall–Kier alpha value is -3.38. The van der Waals surface area contributed by atoms with Crippen molar-refractivity contribution in [3.63, 3.8) is 0 Å². The summed E-state index contributed by atoms with van der Waals surface area (Å²) in [5.41, 5.74) is 1.74. The number of ether oxygens (including phenoxy) is 2. The fraction of sp³-hybridized carbons (Fsp3) is 0.0952. The van der Waals surface area contributed by atoms with Crippen molar-refractivity contribution in [2.45, 2.75) is 6.92 Å². The molecule has 4 rings (SSSR count). The highest BCUT2D eigenvalue weighted by molar-refractivity contribution is 6.35. The van der Waals surface area contributed by atoms with E-state index >= 15 is 0 Å². The van der Waals surface area contributed by atoms with E-state index < -0.39 is 5.97 Å². The molecule has 0 spiro atoms. The minimum absolute atomic E-state index is 0.232. The van der Waals surface area contributed by atoms with E-state index in [4.69, 9.17) is 21.1 Å². The molecular weight excluding hydrogens is 378 g/mol. The number of aromatic nitrogens is 3. The molecule has 0 saturated carbocycles. The molecule has 0 fully saturated rings. The van der Waals surface area contributed by atoms with Crippen molar-refractivity contribution in [2.75, 3.05) is 6.61 Å². The third-order valence-corrected chi connectivity index (χ3v) is 4.35. The van der Waals surface area contributed by atoms with E-state index in [0.29, 0.717) is 27.5 Å². The van der Waals surface area contributed by atoms with Crippen molar-refractivity contribution in [1.82, 2.24) is 14.8 Å². The van der Waals surface area contributed by atoms with Crippen molar-refractivity contribution < 1.29 is 14.3 Å². The molecule has 6 nitrogen and oxygen atoms in total. The summed E-state index contributed by atoms with van der Waals surface area (Å²) in [5.74, 6) is 0.896. The first-order chi connectivity index (χ1) is 13.7. The lowest BCUT2D eigenvalue weighted by Crippen LogP contribution is -2.12. The SMILES string of the molecule is CCOC(=O)c1c2nccc(Cl)c2nn1-c1ccc(Oc2ccccc2)cc1. The number of hydrogen-bond acceptors (Lipinski definition) is 5. The summed E-state index contributed by atoms with van der Waals surface area (Å²) < 4.78 is 12.5. The average molecular weight is 394 g/mol. The number of carbonyl (C=O) groups excluding carboxylic acids is 1. The van der Waals surface area contributed by atoms with Crippen molar-refractivity contribution in [3.05, 3.63) is 77.6 Å². The number of hydrogen-bond donors (Lipinski definition) is 0. The predicted molar refractivity (Wildman–Crippen MR) is 106 cm³/mol. The van der Waals surface area contributed by atoms with Crippen LogP contribution < -0.4 is 4.74 Å². The second-order valence-electron chi connectivity index (χ2n) is 5.88. The van der Waals surface area contributed by atoms with Crippen LogP contribution in [0, 0.1) is 0 Å². The van der Waals surface area contributed by atoms with Crippen molar-refractivity contribution >= 4 is 28.6 Å². The summed E-state index contributed by atoms with van der Waals surface area (Å²) in [7, 11) is 0. The van der Waals surface area contributed by atoms with Crippen LogP contribution in [0.1, 0.15) is 17.4 Å². The summed E-state index contributed by atoms with van der Waals surface area (Å²) in [6, 6.07) is 18.3. The lowest BCUT2D eigenvalue weighted by Gasteiger charge is -2.09. The van der Waals surface area contributed by atoms with Gasteiger partial charge < -0.3 is 9.47 Å². The first kappa shape index (κ1) is 18.0. The molecule has 7 heteroatoms. The molecule has 4 aromatic rings. The largest absolute Gasteiger partial charge is 0.461 e. The minimum Gasteiger partial charge on any atom is -0.461 e. The number of pyridine rings is 1. The summed E-state index contributed by atoms with van der Waals surface area (Å²) >= 11 is 6.24. The van der Waals surface area contributed by atoms with Gasteiger partial charge in [0.1, 0.15) is 22.5 Å². The molecule has 0 aliphatic rings. The normalized spacial score (nSPS) is 10.8. The van der Waals surface area contributed by atoms with Gasteiger partial charge in [-0.2, -0.15) is 5.10 Å². The molecule has 0 aliphatic carbocycles. The van der Waals surface area contributed by atoms with Crippen LogP contribution >= 0.6 is 11.6 Å². The Kier molecular flexibility index (Phi) is 4.95. The van der Waals surface area contributed by atoms with Gasteiger partial charge in [0.15, 0.2) is 5.69 Å². The zero-order valence-corrected chi connectivity index (χ0v) is 15.8. The zero-order chi connectivity index (χ0) is 19.5. The Morgan fingerprint density at radius 2 is 1.71 bits per heavy atom.